The van der Waals surface area contributed by atoms with Gasteiger partial charge in [-0.1, -0.05) is 321 Å². The number of benzene rings is 20. The normalized spacial score (nSPS) is 11.5. The van der Waals surface area contributed by atoms with E-state index in [0.29, 0.717) is 50.2 Å². The van der Waals surface area contributed by atoms with Gasteiger partial charge in [0.05, 0.1) is 49.8 Å². The molecule has 3 heterocycles. The van der Waals surface area contributed by atoms with E-state index in [9.17, 15) is 14.4 Å². The maximum absolute atomic E-state index is 14.3. The number of aryl methyl sites for hydroxylation is 1. The Morgan fingerprint density at radius 1 is 0.169 bits per heavy atom. The first-order valence-corrected chi connectivity index (χ1v) is 39.7. The topological polar surface area (TPSA) is 105 Å². The molecular weight excluding hydrogens is 1440 g/mol. The number of rotatable bonds is 8. The van der Waals surface area contributed by atoms with E-state index in [1.54, 1.807) is 13.7 Å². The molecule has 0 saturated carbocycles. The zero-order valence-corrected chi connectivity index (χ0v) is 64.1. The predicted molar refractivity (Wildman–Crippen MR) is 491 cm³/mol. The van der Waals surface area contributed by atoms with E-state index in [1.165, 1.54) is 86.2 Å². The van der Waals surface area contributed by atoms with Crippen molar-refractivity contribution in [2.45, 2.75) is 6.92 Å². The van der Waals surface area contributed by atoms with Crippen molar-refractivity contribution in [1.82, 2.24) is 28.7 Å². The van der Waals surface area contributed by atoms with Crippen molar-refractivity contribution < 1.29 is 0 Å². The minimum Gasteiger partial charge on any atom is -0.268 e. The lowest BCUT2D eigenvalue weighted by molar-refractivity contribution is 0.975. The van der Waals surface area contributed by atoms with Crippen molar-refractivity contribution in [2.24, 2.45) is 0 Å². The molecule has 0 aliphatic carbocycles. The van der Waals surface area contributed by atoms with Crippen molar-refractivity contribution in [3.63, 3.8) is 0 Å². The second-order valence-corrected chi connectivity index (χ2v) is 30.0. The molecule has 554 valence electrons. The van der Waals surface area contributed by atoms with Gasteiger partial charge in [-0.05, 0) is 217 Å². The standard InChI is InChI=1S/C45H30N2O.2C32H20N2O/c1-29-18-22-35(23-19-29)47-44(30-10-3-2-4-11-30)46-43-25-21-34(28-42(43)45(47)48)32-13-9-12-31(26-32)33-20-24-40-38-16-6-5-14-36(38)37-15-7-8-17-39(37)41(40)27-33;35-32-28-16-8-9-17-30(28)33-31(34(32)22-10-2-1-3-11-22)21-18-19-27-25-14-5-4-12-23(25)24-13-6-7-15-26(24)29(27)20-21;35-32-28-16-8-9-17-30(28)33-31(21-10-2-1-3-11-21)34(32)22-18-19-27-25-14-5-4-12-23(25)24-13-6-7-15-26(24)29(27)20-22/h2-28H,1H3;2*1-20H. The lowest BCUT2D eigenvalue weighted by Gasteiger charge is -2.16. The van der Waals surface area contributed by atoms with Crippen LogP contribution in [0.5, 0.6) is 0 Å². The maximum Gasteiger partial charge on any atom is 0.266 e. The molecule has 0 atom stereocenters. The Hall–Kier alpha value is -15.8. The molecule has 0 radical (unpaired) electrons. The molecular formula is C109H70N6O3. The van der Waals surface area contributed by atoms with Crippen LogP contribution in [0, 0.1) is 6.92 Å². The summed E-state index contributed by atoms with van der Waals surface area (Å²) in [4.78, 5) is 56.9. The third kappa shape index (κ3) is 12.2. The van der Waals surface area contributed by atoms with Gasteiger partial charge in [0, 0.05) is 16.7 Å². The summed E-state index contributed by atoms with van der Waals surface area (Å²) in [6.07, 6.45) is 0. The van der Waals surface area contributed by atoms with Crippen LogP contribution < -0.4 is 16.7 Å². The number of fused-ring (bicyclic) bond motifs is 21. The fourth-order valence-corrected chi connectivity index (χ4v) is 17.4. The Labute approximate surface area is 677 Å². The van der Waals surface area contributed by atoms with Gasteiger partial charge in [-0.15, -0.1) is 0 Å². The molecule has 118 heavy (non-hydrogen) atoms. The number of para-hydroxylation sites is 3. The van der Waals surface area contributed by atoms with E-state index in [1.807, 2.05) is 189 Å². The highest BCUT2D eigenvalue weighted by atomic mass is 16.1. The van der Waals surface area contributed by atoms with E-state index in [-0.39, 0.29) is 16.7 Å². The average Bonchev–Trinajstić information content (AvgIpc) is 0.744. The molecule has 23 aromatic rings. The minimum absolute atomic E-state index is 0.0692. The minimum atomic E-state index is -0.0886. The smallest absolute Gasteiger partial charge is 0.266 e. The first-order chi connectivity index (χ1) is 58.2. The third-order valence-electron chi connectivity index (χ3n) is 23.1. The first-order valence-electron chi connectivity index (χ1n) is 39.7. The summed E-state index contributed by atoms with van der Waals surface area (Å²) >= 11 is 0. The molecule has 23 rings (SSSR count). The SMILES string of the molecule is Cc1ccc(-n2c(-c3ccccc3)nc3ccc(-c4cccc(-c5ccc6c7ccccc7c7ccccc7c6c5)c4)cc3c2=O)cc1.O=c1c2ccccc2nc(-c2ccc3c4ccccc4c4ccccc4c3c2)n1-c1ccccc1.O=c1c2ccccc2nc(-c2ccccc2)n1-c1ccc2c3ccccc3c3ccccc3c2c1. The van der Waals surface area contributed by atoms with Crippen LogP contribution in [-0.4, -0.2) is 28.7 Å². The Morgan fingerprint density at radius 2 is 0.424 bits per heavy atom. The predicted octanol–water partition coefficient (Wildman–Crippen LogP) is 26.2. The van der Waals surface area contributed by atoms with Crippen LogP contribution in [-0.2, 0) is 0 Å². The summed E-state index contributed by atoms with van der Waals surface area (Å²) in [5.41, 5.74) is 12.4. The number of hydrogen-bond donors (Lipinski definition) is 0. The van der Waals surface area contributed by atoms with Crippen LogP contribution in [0.15, 0.2) is 421 Å². The fraction of sp³-hybridized carbons (Fsp3) is 0.00917. The van der Waals surface area contributed by atoms with E-state index in [4.69, 9.17) is 15.0 Å². The molecule has 9 nitrogen and oxygen atoms in total. The molecule has 0 amide bonds. The summed E-state index contributed by atoms with van der Waals surface area (Å²) in [6, 6.07) is 138. The molecule has 0 aliphatic rings. The lowest BCUT2D eigenvalue weighted by atomic mass is 9.91. The number of nitrogens with zero attached hydrogens (tertiary/aromatic N) is 6. The largest absolute Gasteiger partial charge is 0.268 e. The molecule has 20 aromatic carbocycles. The molecule has 0 aliphatic heterocycles. The van der Waals surface area contributed by atoms with Crippen LogP contribution in [0.2, 0.25) is 0 Å². The van der Waals surface area contributed by atoms with E-state index in [0.717, 1.165) is 72.3 Å². The van der Waals surface area contributed by atoms with Crippen LogP contribution in [0.25, 0.3) is 203 Å². The van der Waals surface area contributed by atoms with Crippen molar-refractivity contribution in [2.75, 3.05) is 0 Å². The van der Waals surface area contributed by atoms with Crippen molar-refractivity contribution in [3.05, 3.63) is 443 Å². The van der Waals surface area contributed by atoms with Gasteiger partial charge in [0.25, 0.3) is 16.7 Å². The van der Waals surface area contributed by atoms with Crippen molar-refractivity contribution in [3.8, 4) is 73.5 Å². The van der Waals surface area contributed by atoms with E-state index in [2.05, 4.69) is 224 Å². The quantitative estimate of drug-likeness (QED) is 0.140. The van der Waals surface area contributed by atoms with Gasteiger partial charge in [0.15, 0.2) is 0 Å². The van der Waals surface area contributed by atoms with Crippen LogP contribution in [0.3, 0.4) is 0 Å². The molecule has 0 spiro atoms. The Bertz CT molecular complexity index is 8100. The monoisotopic (exact) mass is 1510 g/mol. The zero-order valence-electron chi connectivity index (χ0n) is 64.1. The molecule has 0 bridgehead atoms. The number of aromatic nitrogens is 6. The van der Waals surface area contributed by atoms with Gasteiger partial charge in [0.1, 0.15) is 17.5 Å². The average molecular weight is 1510 g/mol. The third-order valence-corrected chi connectivity index (χ3v) is 23.1. The zero-order chi connectivity index (χ0) is 78.9. The van der Waals surface area contributed by atoms with Gasteiger partial charge >= 0.3 is 0 Å². The van der Waals surface area contributed by atoms with E-state index < -0.39 is 0 Å². The summed E-state index contributed by atoms with van der Waals surface area (Å²) < 4.78 is 5.22. The van der Waals surface area contributed by atoms with Crippen molar-refractivity contribution in [1.29, 1.82) is 0 Å². The van der Waals surface area contributed by atoms with Gasteiger partial charge in [-0.3, -0.25) is 28.1 Å². The van der Waals surface area contributed by atoms with E-state index >= 15 is 0 Å². The molecule has 3 aromatic heterocycles. The highest BCUT2D eigenvalue weighted by Crippen LogP contribution is 2.42. The van der Waals surface area contributed by atoms with Crippen LogP contribution in [0.4, 0.5) is 0 Å². The molecule has 0 unspecified atom stereocenters. The molecule has 9 heteroatoms. The lowest BCUT2D eigenvalue weighted by Crippen LogP contribution is -2.22. The van der Waals surface area contributed by atoms with Gasteiger partial charge in [-0.2, -0.15) is 0 Å². The summed E-state index contributed by atoms with van der Waals surface area (Å²) in [5, 5.41) is 23.7. The highest BCUT2D eigenvalue weighted by Gasteiger charge is 2.22. The van der Waals surface area contributed by atoms with Gasteiger partial charge in [-0.25, -0.2) is 15.0 Å². The van der Waals surface area contributed by atoms with Crippen molar-refractivity contribution >= 4 is 130 Å². The Kier molecular flexibility index (Phi) is 17.4. The van der Waals surface area contributed by atoms with Crippen LogP contribution in [0.1, 0.15) is 5.56 Å². The Morgan fingerprint density at radius 3 is 0.847 bits per heavy atom. The molecule has 0 fully saturated rings. The van der Waals surface area contributed by atoms with Crippen LogP contribution >= 0.6 is 0 Å². The van der Waals surface area contributed by atoms with Gasteiger partial charge in [0.2, 0.25) is 0 Å². The maximum atomic E-state index is 14.3. The molecule has 0 saturated heterocycles. The second kappa shape index (κ2) is 29.3. The second-order valence-electron chi connectivity index (χ2n) is 30.0. The summed E-state index contributed by atoms with van der Waals surface area (Å²) in [7, 11) is 0. The first kappa shape index (κ1) is 70.1. The van der Waals surface area contributed by atoms with Gasteiger partial charge < -0.3 is 0 Å². The molecule has 0 N–H and O–H groups in total. The Balaban J connectivity index is 0.000000112. The fourth-order valence-electron chi connectivity index (χ4n) is 17.4. The summed E-state index contributed by atoms with van der Waals surface area (Å²) in [6.45, 7) is 2.05. The summed E-state index contributed by atoms with van der Waals surface area (Å²) in [5.74, 6) is 1.90. The highest BCUT2D eigenvalue weighted by molar-refractivity contribution is 6.28. The number of hydrogen-bond acceptors (Lipinski definition) is 6.